The van der Waals surface area contributed by atoms with E-state index in [-0.39, 0.29) is 6.04 Å². The summed E-state index contributed by atoms with van der Waals surface area (Å²) in [6.45, 7) is 2.17. The lowest BCUT2D eigenvalue weighted by Gasteiger charge is -2.08. The number of nitrogens with two attached hydrogens (primary N) is 1. The van der Waals surface area contributed by atoms with Gasteiger partial charge >= 0.3 is 0 Å². The number of nitrogens with zero attached hydrogens (tertiary/aromatic N) is 3. The molecule has 0 aliphatic carbocycles. The van der Waals surface area contributed by atoms with Crippen LogP contribution in [0.25, 0.3) is 11.4 Å². The van der Waals surface area contributed by atoms with Crippen molar-refractivity contribution < 1.29 is 0 Å². The van der Waals surface area contributed by atoms with Gasteiger partial charge in [0.15, 0.2) is 5.82 Å². The maximum atomic E-state index is 6.15. The molecule has 0 bridgehead atoms. The number of rotatable bonds is 5. The Morgan fingerprint density at radius 1 is 1.28 bits per heavy atom. The maximum Gasteiger partial charge on any atom is 0.181 e. The zero-order valence-electron chi connectivity index (χ0n) is 11.0. The van der Waals surface area contributed by atoms with Crippen molar-refractivity contribution in [2.24, 2.45) is 12.8 Å². The molecule has 1 atom stereocenters. The number of hydrogen-bond donors (Lipinski definition) is 1. The number of hydrogen-bond acceptors (Lipinski definition) is 3. The van der Waals surface area contributed by atoms with E-state index in [0.717, 1.165) is 36.5 Å². The second kappa shape index (κ2) is 5.78. The summed E-state index contributed by atoms with van der Waals surface area (Å²) in [4.78, 5) is 4.56. The van der Waals surface area contributed by atoms with Crippen LogP contribution in [-0.4, -0.2) is 14.8 Å². The average molecular weight is 244 g/mol. The van der Waals surface area contributed by atoms with Crippen LogP contribution in [0.5, 0.6) is 0 Å². The predicted octanol–water partition coefficient (Wildman–Crippen LogP) is 2.67. The van der Waals surface area contributed by atoms with Gasteiger partial charge in [-0.1, -0.05) is 50.1 Å². The molecule has 2 N–H and O–H groups in total. The molecular weight excluding hydrogens is 224 g/mol. The topological polar surface area (TPSA) is 56.7 Å². The molecule has 0 aliphatic rings. The Balaban J connectivity index is 2.22. The van der Waals surface area contributed by atoms with Crippen molar-refractivity contribution in [3.05, 3.63) is 36.2 Å². The van der Waals surface area contributed by atoms with E-state index in [2.05, 4.69) is 17.0 Å². The van der Waals surface area contributed by atoms with Crippen molar-refractivity contribution in [2.45, 2.75) is 32.2 Å². The summed E-state index contributed by atoms with van der Waals surface area (Å²) >= 11 is 0. The van der Waals surface area contributed by atoms with E-state index in [1.165, 1.54) is 0 Å². The standard InChI is InChI=1S/C14H20N4/c1-3-4-10-12(15)14-16-13(17-18(14)2)11-8-6-5-7-9-11/h5-9,12H,3-4,10,15H2,1-2H3. The zero-order valence-corrected chi connectivity index (χ0v) is 11.0. The molecule has 96 valence electrons. The third-order valence-corrected chi connectivity index (χ3v) is 3.03. The highest BCUT2D eigenvalue weighted by molar-refractivity contribution is 5.54. The van der Waals surface area contributed by atoms with Gasteiger partial charge in [-0.25, -0.2) is 4.98 Å². The van der Waals surface area contributed by atoms with Gasteiger partial charge in [0.25, 0.3) is 0 Å². The minimum atomic E-state index is -0.0279. The van der Waals surface area contributed by atoms with Gasteiger partial charge in [-0.3, -0.25) is 4.68 Å². The van der Waals surface area contributed by atoms with Crippen LogP contribution in [0.4, 0.5) is 0 Å². The molecule has 1 aromatic heterocycles. The molecule has 0 amide bonds. The Bertz CT molecular complexity index is 490. The van der Waals surface area contributed by atoms with E-state index >= 15 is 0 Å². The SMILES string of the molecule is CCCCC(N)c1nc(-c2ccccc2)nn1C. The third-order valence-electron chi connectivity index (χ3n) is 3.03. The summed E-state index contributed by atoms with van der Waals surface area (Å²) in [5, 5.41) is 4.44. The second-order valence-corrected chi connectivity index (χ2v) is 4.53. The Kier molecular flexibility index (Phi) is 4.10. The Hall–Kier alpha value is -1.68. The molecule has 0 saturated heterocycles. The van der Waals surface area contributed by atoms with Gasteiger partial charge < -0.3 is 5.73 Å². The summed E-state index contributed by atoms with van der Waals surface area (Å²) in [5.74, 6) is 1.61. The molecule has 0 saturated carbocycles. The minimum Gasteiger partial charge on any atom is -0.321 e. The average Bonchev–Trinajstić information content (AvgIpc) is 2.79. The molecule has 0 fully saturated rings. The van der Waals surface area contributed by atoms with Crippen LogP contribution in [0.2, 0.25) is 0 Å². The summed E-state index contributed by atoms with van der Waals surface area (Å²) in [6.07, 6.45) is 3.23. The van der Waals surface area contributed by atoms with Crippen molar-refractivity contribution in [1.29, 1.82) is 0 Å². The molecule has 1 unspecified atom stereocenters. The normalized spacial score (nSPS) is 12.6. The predicted molar refractivity (Wildman–Crippen MR) is 72.9 cm³/mol. The van der Waals surface area contributed by atoms with Crippen LogP contribution in [-0.2, 0) is 7.05 Å². The maximum absolute atomic E-state index is 6.15. The largest absolute Gasteiger partial charge is 0.321 e. The van der Waals surface area contributed by atoms with E-state index in [4.69, 9.17) is 5.73 Å². The third kappa shape index (κ3) is 2.76. The fourth-order valence-electron chi connectivity index (χ4n) is 1.98. The number of aryl methyl sites for hydroxylation is 1. The molecule has 4 nitrogen and oxygen atoms in total. The van der Waals surface area contributed by atoms with Gasteiger partial charge in [-0.05, 0) is 6.42 Å². The fourth-order valence-corrected chi connectivity index (χ4v) is 1.98. The highest BCUT2D eigenvalue weighted by Crippen LogP contribution is 2.19. The lowest BCUT2D eigenvalue weighted by Crippen LogP contribution is -2.15. The van der Waals surface area contributed by atoms with Gasteiger partial charge in [0.2, 0.25) is 0 Å². The van der Waals surface area contributed by atoms with Crippen LogP contribution < -0.4 is 5.73 Å². The molecule has 1 heterocycles. The van der Waals surface area contributed by atoms with Crippen molar-refractivity contribution in [2.75, 3.05) is 0 Å². The lowest BCUT2D eigenvalue weighted by atomic mass is 10.1. The van der Waals surface area contributed by atoms with Gasteiger partial charge in [0.05, 0.1) is 6.04 Å². The Morgan fingerprint density at radius 2 is 2.00 bits per heavy atom. The molecule has 0 radical (unpaired) electrons. The fraction of sp³-hybridized carbons (Fsp3) is 0.429. The quantitative estimate of drug-likeness (QED) is 0.879. The number of benzene rings is 1. The molecular formula is C14H20N4. The van der Waals surface area contributed by atoms with Crippen LogP contribution in [0.15, 0.2) is 30.3 Å². The van der Waals surface area contributed by atoms with Gasteiger partial charge in [0, 0.05) is 12.6 Å². The van der Waals surface area contributed by atoms with Crippen LogP contribution in [0.3, 0.4) is 0 Å². The first-order valence-electron chi connectivity index (χ1n) is 6.44. The van der Waals surface area contributed by atoms with Gasteiger partial charge in [-0.2, -0.15) is 5.10 Å². The van der Waals surface area contributed by atoms with Crippen molar-refractivity contribution in [1.82, 2.24) is 14.8 Å². The van der Waals surface area contributed by atoms with E-state index < -0.39 is 0 Å². The number of unbranched alkanes of at least 4 members (excludes halogenated alkanes) is 1. The molecule has 0 spiro atoms. The van der Waals surface area contributed by atoms with Gasteiger partial charge in [0.1, 0.15) is 5.82 Å². The first-order valence-corrected chi connectivity index (χ1v) is 6.44. The van der Waals surface area contributed by atoms with Crippen LogP contribution in [0, 0.1) is 0 Å². The van der Waals surface area contributed by atoms with E-state index in [9.17, 15) is 0 Å². The smallest absolute Gasteiger partial charge is 0.181 e. The molecule has 18 heavy (non-hydrogen) atoms. The van der Waals surface area contributed by atoms with E-state index in [0.29, 0.717) is 0 Å². The summed E-state index contributed by atoms with van der Waals surface area (Å²) in [5.41, 5.74) is 7.18. The van der Waals surface area contributed by atoms with Crippen molar-refractivity contribution in [3.63, 3.8) is 0 Å². The van der Waals surface area contributed by atoms with Crippen molar-refractivity contribution >= 4 is 0 Å². The van der Waals surface area contributed by atoms with E-state index in [1.54, 1.807) is 4.68 Å². The van der Waals surface area contributed by atoms with Gasteiger partial charge in [-0.15, -0.1) is 0 Å². The summed E-state index contributed by atoms with van der Waals surface area (Å²) in [7, 11) is 1.90. The summed E-state index contributed by atoms with van der Waals surface area (Å²) in [6, 6.07) is 9.96. The first kappa shape index (κ1) is 12.8. The molecule has 2 rings (SSSR count). The number of aromatic nitrogens is 3. The highest BCUT2D eigenvalue weighted by atomic mass is 15.3. The Labute approximate surface area is 108 Å². The monoisotopic (exact) mass is 244 g/mol. The van der Waals surface area contributed by atoms with Crippen LogP contribution in [0.1, 0.15) is 38.1 Å². The van der Waals surface area contributed by atoms with Crippen LogP contribution >= 0.6 is 0 Å². The van der Waals surface area contributed by atoms with Crippen molar-refractivity contribution in [3.8, 4) is 11.4 Å². The molecule has 2 aromatic rings. The van der Waals surface area contributed by atoms with E-state index in [1.807, 2.05) is 37.4 Å². The molecule has 1 aromatic carbocycles. The highest BCUT2D eigenvalue weighted by Gasteiger charge is 2.15. The molecule has 4 heteroatoms. The molecule has 0 aliphatic heterocycles. The first-order chi connectivity index (χ1) is 8.72. The summed E-state index contributed by atoms with van der Waals surface area (Å²) < 4.78 is 1.79. The second-order valence-electron chi connectivity index (χ2n) is 4.53. The lowest BCUT2D eigenvalue weighted by molar-refractivity contribution is 0.543. The Morgan fingerprint density at radius 3 is 2.67 bits per heavy atom. The minimum absolute atomic E-state index is 0.0279. The zero-order chi connectivity index (χ0) is 13.0.